The van der Waals surface area contributed by atoms with Gasteiger partial charge in [-0.25, -0.2) is 4.98 Å². The lowest BCUT2D eigenvalue weighted by molar-refractivity contribution is 0.0946. The highest BCUT2D eigenvalue weighted by Crippen LogP contribution is 2.26. The molecule has 6 nitrogen and oxygen atoms in total. The van der Waals surface area contributed by atoms with Gasteiger partial charge in [0, 0.05) is 24.4 Å². The van der Waals surface area contributed by atoms with E-state index in [1.807, 2.05) is 24.3 Å². The van der Waals surface area contributed by atoms with E-state index < -0.39 is 0 Å². The molecule has 2 N–H and O–H groups in total. The van der Waals surface area contributed by atoms with Gasteiger partial charge in [-0.1, -0.05) is 35.9 Å². The summed E-state index contributed by atoms with van der Waals surface area (Å²) in [5, 5.41) is 10.3. The van der Waals surface area contributed by atoms with Gasteiger partial charge in [0.15, 0.2) is 0 Å². The smallest absolute Gasteiger partial charge is 0.269 e. The van der Waals surface area contributed by atoms with Crippen molar-refractivity contribution >= 4 is 17.5 Å². The number of carbonyl (C=O) groups is 1. The maximum Gasteiger partial charge on any atom is 0.269 e. The number of rotatable bonds is 5. The number of H-pyrrole nitrogens is 1. The topological polar surface area (TPSA) is 79.9 Å². The minimum Gasteiger partial charge on any atom is -0.481 e. The first-order valence-electron chi connectivity index (χ1n) is 7.25. The molecule has 0 aliphatic carbocycles. The van der Waals surface area contributed by atoms with E-state index in [9.17, 15) is 4.79 Å². The van der Waals surface area contributed by atoms with Gasteiger partial charge >= 0.3 is 0 Å². The second-order valence-corrected chi connectivity index (χ2v) is 5.45. The Kier molecular flexibility index (Phi) is 4.77. The van der Waals surface area contributed by atoms with Crippen molar-refractivity contribution in [3.05, 3.63) is 64.9 Å². The van der Waals surface area contributed by atoms with Gasteiger partial charge in [-0.05, 0) is 17.7 Å². The largest absolute Gasteiger partial charge is 0.481 e. The number of methoxy groups -OCH3 is 1. The highest BCUT2D eigenvalue weighted by molar-refractivity contribution is 6.33. The van der Waals surface area contributed by atoms with Crippen LogP contribution < -0.4 is 10.1 Å². The van der Waals surface area contributed by atoms with Crippen molar-refractivity contribution < 1.29 is 9.53 Å². The molecule has 0 unspecified atom stereocenters. The van der Waals surface area contributed by atoms with Gasteiger partial charge in [-0.15, -0.1) is 0 Å². The first kappa shape index (κ1) is 16.0. The van der Waals surface area contributed by atoms with Gasteiger partial charge in [0.05, 0.1) is 17.8 Å². The molecule has 0 spiro atoms. The van der Waals surface area contributed by atoms with Crippen LogP contribution in [0, 0.1) is 0 Å². The first-order chi connectivity index (χ1) is 11.7. The highest BCUT2D eigenvalue weighted by atomic mass is 35.5. The van der Waals surface area contributed by atoms with E-state index in [0.717, 1.165) is 11.1 Å². The molecule has 1 aromatic carbocycles. The van der Waals surface area contributed by atoms with Crippen LogP contribution in [0.3, 0.4) is 0 Å². The summed E-state index contributed by atoms with van der Waals surface area (Å²) < 4.78 is 5.00. The molecule has 24 heavy (non-hydrogen) atoms. The summed E-state index contributed by atoms with van der Waals surface area (Å²) in [6.07, 6.45) is 1.65. The van der Waals surface area contributed by atoms with E-state index in [0.29, 0.717) is 28.8 Å². The summed E-state index contributed by atoms with van der Waals surface area (Å²) >= 11 is 6.14. The normalized spacial score (nSPS) is 10.4. The first-order valence-corrected chi connectivity index (χ1v) is 7.62. The second kappa shape index (κ2) is 7.14. The highest BCUT2D eigenvalue weighted by Gasteiger charge is 2.12. The monoisotopic (exact) mass is 342 g/mol. The predicted octanol–water partition coefficient (Wildman–Crippen LogP) is 3.06. The van der Waals surface area contributed by atoms with Crippen LogP contribution in [0.1, 0.15) is 16.1 Å². The number of pyridine rings is 1. The zero-order valence-electron chi connectivity index (χ0n) is 12.9. The molecule has 2 aromatic heterocycles. The van der Waals surface area contributed by atoms with Crippen LogP contribution in [0.25, 0.3) is 11.3 Å². The molecule has 122 valence electrons. The Bertz CT molecular complexity index is 846. The van der Waals surface area contributed by atoms with Crippen LogP contribution in [0.15, 0.2) is 48.7 Å². The minimum absolute atomic E-state index is 0.253. The average molecular weight is 343 g/mol. The molecule has 3 rings (SSSR count). The van der Waals surface area contributed by atoms with Crippen molar-refractivity contribution in [2.75, 3.05) is 7.11 Å². The summed E-state index contributed by atoms with van der Waals surface area (Å²) in [5.74, 6) is 0.277. The van der Waals surface area contributed by atoms with Crippen LogP contribution in [0.5, 0.6) is 5.88 Å². The molecule has 1 amide bonds. The standard InChI is InChI=1S/C17H15ClN4O2/c1-24-16-7-6-11(9-19-16)10-20-17(23)15-8-14(21-22-15)12-4-2-3-5-13(12)18/h2-9H,10H2,1H3,(H,20,23)(H,21,22). The summed E-state index contributed by atoms with van der Waals surface area (Å²) in [5.41, 5.74) is 2.63. The van der Waals surface area contributed by atoms with Crippen molar-refractivity contribution in [1.29, 1.82) is 0 Å². The van der Waals surface area contributed by atoms with Gasteiger partial charge in [-0.2, -0.15) is 5.10 Å². The molecule has 0 saturated heterocycles. The fraction of sp³-hybridized carbons (Fsp3) is 0.118. The van der Waals surface area contributed by atoms with Crippen molar-refractivity contribution in [3.63, 3.8) is 0 Å². The average Bonchev–Trinajstić information content (AvgIpc) is 3.10. The van der Waals surface area contributed by atoms with Gasteiger partial charge in [0.2, 0.25) is 5.88 Å². The van der Waals surface area contributed by atoms with Crippen LogP contribution in [-0.4, -0.2) is 28.2 Å². The predicted molar refractivity (Wildman–Crippen MR) is 91.0 cm³/mol. The Morgan fingerprint density at radius 2 is 2.12 bits per heavy atom. The third-order valence-electron chi connectivity index (χ3n) is 3.43. The van der Waals surface area contributed by atoms with Crippen molar-refractivity contribution in [1.82, 2.24) is 20.5 Å². The number of amides is 1. The van der Waals surface area contributed by atoms with Gasteiger partial charge in [0.1, 0.15) is 5.69 Å². The van der Waals surface area contributed by atoms with Gasteiger partial charge in [0.25, 0.3) is 5.91 Å². The number of halogens is 1. The number of hydrogen-bond acceptors (Lipinski definition) is 4. The Hall–Kier alpha value is -2.86. The molecule has 7 heteroatoms. The Labute approximate surface area is 143 Å². The van der Waals surface area contributed by atoms with Gasteiger partial charge in [-0.3, -0.25) is 9.89 Å². The summed E-state index contributed by atoms with van der Waals surface area (Å²) in [6, 6.07) is 12.6. The number of carbonyl (C=O) groups excluding carboxylic acids is 1. The molecule has 0 radical (unpaired) electrons. The third kappa shape index (κ3) is 3.55. The lowest BCUT2D eigenvalue weighted by atomic mass is 10.1. The number of benzene rings is 1. The van der Waals surface area contributed by atoms with Crippen LogP contribution >= 0.6 is 11.6 Å². The summed E-state index contributed by atoms with van der Waals surface area (Å²) in [4.78, 5) is 16.3. The van der Waals surface area contributed by atoms with Crippen molar-refractivity contribution in [3.8, 4) is 17.1 Å². The molecule has 0 bridgehead atoms. The van der Waals surface area contributed by atoms with Crippen LogP contribution in [0.2, 0.25) is 5.02 Å². The molecule has 0 aliphatic rings. The number of nitrogens with one attached hydrogen (secondary N) is 2. The Balaban J connectivity index is 1.66. The molecule has 0 atom stereocenters. The number of nitrogens with zero attached hydrogens (tertiary/aromatic N) is 2. The maximum absolute atomic E-state index is 12.2. The molecule has 0 fully saturated rings. The zero-order valence-corrected chi connectivity index (χ0v) is 13.7. The SMILES string of the molecule is COc1ccc(CNC(=O)c2cc(-c3ccccc3Cl)n[nH]2)cn1. The van der Waals surface area contributed by atoms with Crippen molar-refractivity contribution in [2.45, 2.75) is 6.54 Å². The Morgan fingerprint density at radius 3 is 2.83 bits per heavy atom. The lowest BCUT2D eigenvalue weighted by Crippen LogP contribution is -2.23. The lowest BCUT2D eigenvalue weighted by Gasteiger charge is -2.04. The summed E-state index contributed by atoms with van der Waals surface area (Å²) in [7, 11) is 1.55. The second-order valence-electron chi connectivity index (χ2n) is 5.04. The molecular weight excluding hydrogens is 328 g/mol. The Morgan fingerprint density at radius 1 is 1.29 bits per heavy atom. The molecule has 3 aromatic rings. The quantitative estimate of drug-likeness (QED) is 0.746. The fourth-order valence-electron chi connectivity index (χ4n) is 2.16. The number of hydrogen-bond donors (Lipinski definition) is 2. The van der Waals surface area contributed by atoms with E-state index in [1.165, 1.54) is 0 Å². The minimum atomic E-state index is -0.253. The van der Waals surface area contributed by atoms with E-state index in [-0.39, 0.29) is 5.91 Å². The van der Waals surface area contributed by atoms with E-state index in [1.54, 1.807) is 31.5 Å². The molecule has 0 aliphatic heterocycles. The number of aromatic amines is 1. The van der Waals surface area contributed by atoms with Gasteiger partial charge < -0.3 is 10.1 Å². The van der Waals surface area contributed by atoms with Crippen LogP contribution in [-0.2, 0) is 6.54 Å². The van der Waals surface area contributed by atoms with Crippen molar-refractivity contribution in [2.24, 2.45) is 0 Å². The van der Waals surface area contributed by atoms with E-state index in [2.05, 4.69) is 20.5 Å². The molecule has 0 saturated carbocycles. The number of ether oxygens (including phenoxy) is 1. The maximum atomic E-state index is 12.2. The number of aromatic nitrogens is 3. The van der Waals surface area contributed by atoms with Crippen LogP contribution in [0.4, 0.5) is 0 Å². The third-order valence-corrected chi connectivity index (χ3v) is 3.76. The molecular formula is C17H15ClN4O2. The summed E-state index contributed by atoms with van der Waals surface area (Å²) in [6.45, 7) is 0.357. The fourth-order valence-corrected chi connectivity index (χ4v) is 2.39. The molecule has 2 heterocycles. The zero-order chi connectivity index (χ0) is 16.9. The van der Waals surface area contributed by atoms with E-state index in [4.69, 9.17) is 16.3 Å². The van der Waals surface area contributed by atoms with E-state index >= 15 is 0 Å².